The van der Waals surface area contributed by atoms with E-state index in [9.17, 15) is 9.59 Å². The van der Waals surface area contributed by atoms with Gasteiger partial charge < -0.3 is 20.4 Å². The third-order valence-electron chi connectivity index (χ3n) is 4.72. The lowest BCUT2D eigenvalue weighted by molar-refractivity contribution is 0.0684. The zero-order valence-electron chi connectivity index (χ0n) is 17.5. The Morgan fingerprint density at radius 2 is 1.44 bits per heavy atom. The van der Waals surface area contributed by atoms with Gasteiger partial charge in [-0.05, 0) is 47.5 Å². The van der Waals surface area contributed by atoms with Crippen molar-refractivity contribution < 1.29 is 19.8 Å². The van der Waals surface area contributed by atoms with Crippen LogP contribution in [0.4, 0.5) is 5.69 Å². The number of aliphatic hydroxyl groups is 2. The second-order valence-electron chi connectivity index (χ2n) is 6.99. The van der Waals surface area contributed by atoms with Gasteiger partial charge in [-0.25, -0.2) is 0 Å². The van der Waals surface area contributed by atoms with Gasteiger partial charge in [0.15, 0.2) is 0 Å². The van der Waals surface area contributed by atoms with E-state index >= 15 is 0 Å². The highest BCUT2D eigenvalue weighted by atomic mass is 16.3. The summed E-state index contributed by atoms with van der Waals surface area (Å²) >= 11 is 0. The standard InChI is InChI=1S/C25H25N3O4/c29-17-15-28(16-18-30)25(32)21-10-6-19(7-11-21)4-5-20-8-12-22(13-9-20)27-24(31)23-3-1-2-14-26-23/h1-14,29-30H,15-18H2,(H,27,31)/b5-4+. The van der Waals surface area contributed by atoms with Gasteiger partial charge in [0.05, 0.1) is 13.2 Å². The van der Waals surface area contributed by atoms with E-state index in [2.05, 4.69) is 10.3 Å². The van der Waals surface area contributed by atoms with Gasteiger partial charge in [0.2, 0.25) is 0 Å². The van der Waals surface area contributed by atoms with Crippen molar-refractivity contribution in [2.45, 2.75) is 0 Å². The molecule has 0 aliphatic heterocycles. The number of amides is 2. The number of aromatic nitrogens is 1. The third kappa shape index (κ3) is 6.34. The van der Waals surface area contributed by atoms with Gasteiger partial charge in [0.1, 0.15) is 5.69 Å². The Morgan fingerprint density at radius 1 is 0.844 bits per heavy atom. The summed E-state index contributed by atoms with van der Waals surface area (Å²) in [7, 11) is 0. The van der Waals surface area contributed by atoms with Crippen molar-refractivity contribution >= 4 is 29.7 Å². The number of nitrogens with zero attached hydrogens (tertiary/aromatic N) is 2. The Balaban J connectivity index is 1.60. The first-order valence-electron chi connectivity index (χ1n) is 10.2. The lowest BCUT2D eigenvalue weighted by atomic mass is 10.1. The summed E-state index contributed by atoms with van der Waals surface area (Å²) in [5.74, 6) is -0.493. The van der Waals surface area contributed by atoms with Crippen molar-refractivity contribution in [3.05, 3.63) is 95.3 Å². The minimum Gasteiger partial charge on any atom is -0.395 e. The van der Waals surface area contributed by atoms with Gasteiger partial charge in [-0.15, -0.1) is 0 Å². The Labute approximate surface area is 186 Å². The van der Waals surface area contributed by atoms with E-state index in [-0.39, 0.29) is 38.1 Å². The van der Waals surface area contributed by atoms with Crippen molar-refractivity contribution in [1.29, 1.82) is 0 Å². The zero-order chi connectivity index (χ0) is 22.8. The average molecular weight is 431 g/mol. The molecule has 1 heterocycles. The summed E-state index contributed by atoms with van der Waals surface area (Å²) in [5.41, 5.74) is 3.41. The van der Waals surface area contributed by atoms with Gasteiger partial charge in [0.25, 0.3) is 11.8 Å². The van der Waals surface area contributed by atoms with Gasteiger partial charge in [-0.2, -0.15) is 0 Å². The molecular weight excluding hydrogens is 406 g/mol. The summed E-state index contributed by atoms with van der Waals surface area (Å²) in [6, 6.07) is 19.7. The molecule has 3 aromatic rings. The van der Waals surface area contributed by atoms with E-state index in [4.69, 9.17) is 10.2 Å². The first-order chi connectivity index (χ1) is 15.6. The fraction of sp³-hybridized carbons (Fsp3) is 0.160. The van der Waals surface area contributed by atoms with E-state index in [1.54, 1.807) is 36.5 Å². The van der Waals surface area contributed by atoms with E-state index < -0.39 is 0 Å². The van der Waals surface area contributed by atoms with Crippen molar-refractivity contribution in [1.82, 2.24) is 9.88 Å². The number of anilines is 1. The van der Waals surface area contributed by atoms with Crippen LogP contribution in [0, 0.1) is 0 Å². The van der Waals surface area contributed by atoms with E-state index in [0.29, 0.717) is 16.9 Å². The Bertz CT molecular complexity index is 1040. The van der Waals surface area contributed by atoms with E-state index in [1.807, 2.05) is 48.6 Å². The summed E-state index contributed by atoms with van der Waals surface area (Å²) in [6.45, 7) is 0.0507. The normalized spacial score (nSPS) is 10.8. The summed E-state index contributed by atoms with van der Waals surface area (Å²) in [6.07, 6.45) is 5.44. The zero-order valence-corrected chi connectivity index (χ0v) is 17.5. The molecule has 7 nitrogen and oxygen atoms in total. The van der Waals surface area contributed by atoms with Crippen LogP contribution in [0.15, 0.2) is 72.9 Å². The number of rotatable bonds is 9. The lowest BCUT2D eigenvalue weighted by Gasteiger charge is -2.20. The molecule has 0 aliphatic carbocycles. The maximum Gasteiger partial charge on any atom is 0.274 e. The number of hydrogen-bond acceptors (Lipinski definition) is 5. The molecule has 0 saturated carbocycles. The number of carbonyl (C=O) groups is 2. The summed E-state index contributed by atoms with van der Waals surface area (Å²) < 4.78 is 0. The van der Waals surface area contributed by atoms with Crippen LogP contribution in [-0.2, 0) is 0 Å². The minimum atomic E-state index is -0.264. The molecule has 0 spiro atoms. The molecule has 7 heteroatoms. The molecule has 0 aliphatic rings. The van der Waals surface area contributed by atoms with E-state index in [1.165, 1.54) is 4.90 Å². The second kappa shape index (κ2) is 11.5. The van der Waals surface area contributed by atoms with Crippen LogP contribution < -0.4 is 5.32 Å². The molecular formula is C25H25N3O4. The fourth-order valence-corrected chi connectivity index (χ4v) is 3.04. The number of aliphatic hydroxyl groups excluding tert-OH is 2. The van der Waals surface area contributed by atoms with Gasteiger partial charge in [-0.1, -0.05) is 42.5 Å². The van der Waals surface area contributed by atoms with Crippen molar-refractivity contribution in [2.24, 2.45) is 0 Å². The molecule has 0 bridgehead atoms. The maximum atomic E-state index is 12.5. The molecule has 164 valence electrons. The van der Waals surface area contributed by atoms with Crippen LogP contribution >= 0.6 is 0 Å². The number of pyridine rings is 1. The average Bonchev–Trinajstić information content (AvgIpc) is 2.84. The molecule has 0 unspecified atom stereocenters. The van der Waals surface area contributed by atoms with Gasteiger partial charge >= 0.3 is 0 Å². The lowest BCUT2D eigenvalue weighted by Crippen LogP contribution is -2.35. The molecule has 2 amide bonds. The van der Waals surface area contributed by atoms with Crippen molar-refractivity contribution in [3.63, 3.8) is 0 Å². The number of nitrogens with one attached hydrogen (secondary N) is 1. The molecule has 32 heavy (non-hydrogen) atoms. The van der Waals surface area contributed by atoms with Crippen molar-refractivity contribution in [2.75, 3.05) is 31.6 Å². The Morgan fingerprint density at radius 3 is 1.97 bits per heavy atom. The monoisotopic (exact) mass is 431 g/mol. The van der Waals surface area contributed by atoms with E-state index in [0.717, 1.165) is 11.1 Å². The number of hydrogen-bond donors (Lipinski definition) is 3. The number of benzene rings is 2. The van der Waals surface area contributed by atoms with Crippen LogP contribution in [-0.4, -0.2) is 58.2 Å². The molecule has 0 fully saturated rings. The highest BCUT2D eigenvalue weighted by Crippen LogP contribution is 2.15. The molecule has 3 N–H and O–H groups in total. The maximum absolute atomic E-state index is 12.5. The third-order valence-corrected chi connectivity index (χ3v) is 4.72. The molecule has 0 radical (unpaired) electrons. The quantitative estimate of drug-likeness (QED) is 0.452. The highest BCUT2D eigenvalue weighted by molar-refractivity contribution is 6.02. The Hall–Kier alpha value is -3.81. The van der Waals surface area contributed by atoms with Crippen LogP contribution in [0.2, 0.25) is 0 Å². The topological polar surface area (TPSA) is 103 Å². The fourth-order valence-electron chi connectivity index (χ4n) is 3.04. The first-order valence-corrected chi connectivity index (χ1v) is 10.2. The van der Waals surface area contributed by atoms with Gasteiger partial charge in [-0.3, -0.25) is 14.6 Å². The highest BCUT2D eigenvalue weighted by Gasteiger charge is 2.14. The molecule has 0 saturated heterocycles. The van der Waals surface area contributed by atoms with Crippen LogP contribution in [0.3, 0.4) is 0 Å². The van der Waals surface area contributed by atoms with Crippen LogP contribution in [0.25, 0.3) is 12.2 Å². The summed E-state index contributed by atoms with van der Waals surface area (Å²) in [4.78, 5) is 30.1. The molecule has 1 aromatic heterocycles. The number of carbonyl (C=O) groups excluding carboxylic acids is 2. The van der Waals surface area contributed by atoms with Crippen molar-refractivity contribution in [3.8, 4) is 0 Å². The minimum absolute atomic E-state index is 0.155. The first kappa shape index (κ1) is 22.9. The smallest absolute Gasteiger partial charge is 0.274 e. The Kier molecular flexibility index (Phi) is 8.25. The SMILES string of the molecule is O=C(Nc1ccc(/C=C/c2ccc(C(=O)N(CCO)CCO)cc2)cc1)c1ccccn1. The largest absolute Gasteiger partial charge is 0.395 e. The molecule has 0 atom stereocenters. The van der Waals surface area contributed by atoms with Crippen LogP contribution in [0.1, 0.15) is 32.0 Å². The predicted molar refractivity (Wildman–Crippen MR) is 124 cm³/mol. The second-order valence-corrected chi connectivity index (χ2v) is 6.99. The summed E-state index contributed by atoms with van der Waals surface area (Å²) in [5, 5.41) is 21.0. The van der Waals surface area contributed by atoms with Gasteiger partial charge in [0, 0.05) is 30.5 Å². The molecule has 2 aromatic carbocycles. The predicted octanol–water partition coefficient (Wildman–Crippen LogP) is 2.93. The molecule has 3 rings (SSSR count). The van der Waals surface area contributed by atoms with Crippen LogP contribution in [0.5, 0.6) is 0 Å².